The van der Waals surface area contributed by atoms with Crippen LogP contribution in [0.15, 0.2) is 47.1 Å². The average Bonchev–Trinajstić information content (AvgIpc) is 3.44. The molecule has 3 aromatic heterocycles. The third kappa shape index (κ3) is 2.82. The van der Waals surface area contributed by atoms with Crippen LogP contribution in [0.1, 0.15) is 36.8 Å². The Morgan fingerprint density at radius 3 is 2.58 bits per heavy atom. The molecular formula is C22H17N5O4. The quantitative estimate of drug-likeness (QED) is 0.515. The van der Waals surface area contributed by atoms with Crippen molar-refractivity contribution in [3.8, 4) is 11.5 Å². The third-order valence-corrected chi connectivity index (χ3v) is 5.33. The van der Waals surface area contributed by atoms with Crippen molar-refractivity contribution in [2.75, 3.05) is 12.4 Å². The molecule has 0 bridgehead atoms. The number of nitrogens with one attached hydrogen (secondary N) is 1. The lowest BCUT2D eigenvalue weighted by Crippen LogP contribution is -2.24. The topological polar surface area (TPSA) is 110 Å². The van der Waals surface area contributed by atoms with Crippen molar-refractivity contribution < 1.29 is 18.8 Å². The van der Waals surface area contributed by atoms with E-state index < -0.39 is 5.91 Å². The van der Waals surface area contributed by atoms with Gasteiger partial charge in [-0.2, -0.15) is 5.10 Å². The van der Waals surface area contributed by atoms with Gasteiger partial charge < -0.3 is 9.73 Å². The molecule has 4 aromatic rings. The fourth-order valence-electron chi connectivity index (χ4n) is 3.81. The molecule has 9 nitrogen and oxygen atoms in total. The van der Waals surface area contributed by atoms with Crippen LogP contribution in [0.3, 0.4) is 0 Å². The van der Waals surface area contributed by atoms with Crippen LogP contribution in [0.2, 0.25) is 0 Å². The zero-order valence-corrected chi connectivity index (χ0v) is 17.0. The number of aromatic nitrogens is 3. The lowest BCUT2D eigenvalue weighted by Gasteiger charge is -2.09. The fraction of sp³-hybridized carbons (Fsp3) is 0.136. The standard InChI is InChI=1S/C22H17N5O4/c1-11-18-15(10-16(17-5-4-8-31-17)24-19(18)27(3)25-11)20(28)23-12-6-7-13-14(9-12)22(30)26(2)21(13)29/h4-10H,1-3H3,(H,23,28). The van der Waals surface area contributed by atoms with Crippen LogP contribution >= 0.6 is 0 Å². The molecule has 1 aromatic carbocycles. The van der Waals surface area contributed by atoms with E-state index in [1.54, 1.807) is 42.1 Å². The predicted octanol–water partition coefficient (Wildman–Crippen LogP) is 3.01. The molecule has 9 heteroatoms. The largest absolute Gasteiger partial charge is 0.463 e. The lowest BCUT2D eigenvalue weighted by molar-refractivity contribution is 0.0692. The molecule has 0 saturated heterocycles. The summed E-state index contributed by atoms with van der Waals surface area (Å²) in [7, 11) is 3.19. The van der Waals surface area contributed by atoms with Crippen LogP contribution in [0.25, 0.3) is 22.5 Å². The van der Waals surface area contributed by atoms with Gasteiger partial charge in [0.1, 0.15) is 5.69 Å². The molecular weight excluding hydrogens is 398 g/mol. The Balaban J connectivity index is 1.58. The molecule has 1 N–H and O–H groups in total. The van der Waals surface area contributed by atoms with Gasteiger partial charge in [0.15, 0.2) is 11.4 Å². The molecule has 1 aliphatic heterocycles. The normalized spacial score (nSPS) is 13.2. The number of hydrogen-bond acceptors (Lipinski definition) is 6. The van der Waals surface area contributed by atoms with Crippen LogP contribution in [0, 0.1) is 6.92 Å². The van der Waals surface area contributed by atoms with Gasteiger partial charge in [-0.3, -0.25) is 24.0 Å². The van der Waals surface area contributed by atoms with Crippen LogP contribution in [-0.4, -0.2) is 44.4 Å². The summed E-state index contributed by atoms with van der Waals surface area (Å²) in [5, 5.41) is 7.84. The number of pyridine rings is 1. The number of benzene rings is 1. The van der Waals surface area contributed by atoms with Crippen molar-refractivity contribution in [3.63, 3.8) is 0 Å². The number of carbonyl (C=O) groups is 3. The highest BCUT2D eigenvalue weighted by atomic mass is 16.3. The zero-order valence-electron chi connectivity index (χ0n) is 17.0. The van der Waals surface area contributed by atoms with Crippen molar-refractivity contribution in [2.45, 2.75) is 6.92 Å². The second-order valence-corrected chi connectivity index (χ2v) is 7.32. The third-order valence-electron chi connectivity index (χ3n) is 5.33. The Hall–Kier alpha value is -4.27. The maximum absolute atomic E-state index is 13.3. The van der Waals surface area contributed by atoms with E-state index in [4.69, 9.17) is 4.42 Å². The minimum absolute atomic E-state index is 0.263. The number of carbonyl (C=O) groups excluding carboxylic acids is 3. The summed E-state index contributed by atoms with van der Waals surface area (Å²) < 4.78 is 7.07. The van der Waals surface area contributed by atoms with Gasteiger partial charge in [0.25, 0.3) is 17.7 Å². The minimum Gasteiger partial charge on any atom is -0.463 e. The molecule has 0 saturated carbocycles. The van der Waals surface area contributed by atoms with Crippen LogP contribution in [0.5, 0.6) is 0 Å². The van der Waals surface area contributed by atoms with Gasteiger partial charge >= 0.3 is 0 Å². The average molecular weight is 415 g/mol. The highest BCUT2D eigenvalue weighted by Gasteiger charge is 2.33. The van der Waals surface area contributed by atoms with Gasteiger partial charge in [-0.05, 0) is 43.3 Å². The molecule has 4 heterocycles. The van der Waals surface area contributed by atoms with Gasteiger partial charge in [-0.15, -0.1) is 0 Å². The highest BCUT2D eigenvalue weighted by Crippen LogP contribution is 2.29. The molecule has 0 fully saturated rings. The number of hydrogen-bond donors (Lipinski definition) is 1. The van der Waals surface area contributed by atoms with E-state index in [2.05, 4.69) is 15.4 Å². The first-order chi connectivity index (χ1) is 14.8. The lowest BCUT2D eigenvalue weighted by atomic mass is 10.1. The van der Waals surface area contributed by atoms with Crippen molar-refractivity contribution in [1.29, 1.82) is 0 Å². The van der Waals surface area contributed by atoms with Gasteiger partial charge in [0.05, 0.1) is 34.0 Å². The molecule has 154 valence electrons. The Morgan fingerprint density at radius 2 is 1.84 bits per heavy atom. The second kappa shape index (κ2) is 6.63. The molecule has 0 spiro atoms. The Kier molecular flexibility index (Phi) is 4.01. The molecule has 0 unspecified atom stereocenters. The van der Waals surface area contributed by atoms with Gasteiger partial charge in [-0.25, -0.2) is 4.98 Å². The number of rotatable bonds is 3. The Bertz CT molecular complexity index is 1400. The number of aryl methyl sites for hydroxylation is 2. The van der Waals surface area contributed by atoms with Crippen molar-refractivity contribution in [3.05, 3.63) is 65.0 Å². The number of fused-ring (bicyclic) bond motifs is 2. The van der Waals surface area contributed by atoms with Gasteiger partial charge in [0.2, 0.25) is 0 Å². The molecule has 3 amide bonds. The van der Waals surface area contributed by atoms with E-state index in [0.717, 1.165) is 4.90 Å². The number of imide groups is 1. The summed E-state index contributed by atoms with van der Waals surface area (Å²) in [6, 6.07) is 9.82. The SMILES string of the molecule is Cc1nn(C)c2nc(-c3ccco3)cc(C(=O)Nc3ccc4c(c3)C(=O)N(C)C4=O)c12. The van der Waals surface area contributed by atoms with E-state index in [1.165, 1.54) is 19.4 Å². The van der Waals surface area contributed by atoms with Gasteiger partial charge in [-0.1, -0.05) is 0 Å². The summed E-state index contributed by atoms with van der Waals surface area (Å²) in [4.78, 5) is 43.3. The molecule has 0 radical (unpaired) electrons. The molecule has 0 atom stereocenters. The van der Waals surface area contributed by atoms with Crippen molar-refractivity contribution in [2.24, 2.45) is 7.05 Å². The van der Waals surface area contributed by atoms with E-state index in [-0.39, 0.29) is 17.4 Å². The number of amides is 3. The zero-order chi connectivity index (χ0) is 21.9. The number of nitrogens with zero attached hydrogens (tertiary/aromatic N) is 4. The van der Waals surface area contributed by atoms with Crippen LogP contribution in [0.4, 0.5) is 5.69 Å². The van der Waals surface area contributed by atoms with Crippen LogP contribution in [-0.2, 0) is 7.05 Å². The minimum atomic E-state index is -0.398. The number of anilines is 1. The van der Waals surface area contributed by atoms with Crippen molar-refractivity contribution in [1.82, 2.24) is 19.7 Å². The Morgan fingerprint density at radius 1 is 1.06 bits per heavy atom. The second-order valence-electron chi connectivity index (χ2n) is 7.32. The maximum Gasteiger partial charge on any atom is 0.261 e. The first-order valence-electron chi connectivity index (χ1n) is 9.51. The smallest absolute Gasteiger partial charge is 0.261 e. The fourth-order valence-corrected chi connectivity index (χ4v) is 3.81. The molecule has 0 aliphatic carbocycles. The summed E-state index contributed by atoms with van der Waals surface area (Å²) >= 11 is 0. The maximum atomic E-state index is 13.3. The summed E-state index contributed by atoms with van der Waals surface area (Å²) in [6.45, 7) is 1.81. The van der Waals surface area contributed by atoms with Gasteiger partial charge in [0, 0.05) is 19.8 Å². The highest BCUT2D eigenvalue weighted by molar-refractivity contribution is 6.22. The summed E-state index contributed by atoms with van der Waals surface area (Å²) in [5.74, 6) is -0.616. The number of furan rings is 1. The molecule has 1 aliphatic rings. The molecule has 31 heavy (non-hydrogen) atoms. The van der Waals surface area contributed by atoms with E-state index in [9.17, 15) is 14.4 Å². The van der Waals surface area contributed by atoms with Crippen molar-refractivity contribution >= 4 is 34.4 Å². The first-order valence-corrected chi connectivity index (χ1v) is 9.51. The Labute approximate surface area is 176 Å². The van der Waals surface area contributed by atoms with E-state index >= 15 is 0 Å². The predicted molar refractivity (Wildman–Crippen MR) is 112 cm³/mol. The monoisotopic (exact) mass is 415 g/mol. The van der Waals surface area contributed by atoms with E-state index in [0.29, 0.717) is 45.0 Å². The summed E-state index contributed by atoms with van der Waals surface area (Å²) in [5.41, 5.74) is 3.08. The van der Waals surface area contributed by atoms with Crippen LogP contribution < -0.4 is 5.32 Å². The molecule has 5 rings (SSSR count). The first kappa shape index (κ1) is 18.7. The summed E-state index contributed by atoms with van der Waals surface area (Å²) in [6.07, 6.45) is 1.54. The van der Waals surface area contributed by atoms with E-state index in [1.807, 2.05) is 6.92 Å².